The summed E-state index contributed by atoms with van der Waals surface area (Å²) in [5.41, 5.74) is -1.25. The smallest absolute Gasteiger partial charge is 0.417 e. The SMILES string of the molecule is N#Cc1ccc(O[C@H]2CC[C@H](NC(=O)c3cnc(N4CCC(C=O)CC4)cn3)CC2)cc1C(F)(F)F. The molecular weight excluding hydrogens is 475 g/mol. The van der Waals surface area contributed by atoms with Crippen molar-refractivity contribution >= 4 is 18.0 Å². The number of carbonyl (C=O) groups is 2. The standard InChI is InChI=1S/C25H26F3N5O3/c26-25(27,28)21-11-20(4-1-17(21)12-29)36-19-5-2-18(3-6-19)32-24(35)22-13-31-23(14-30-22)33-9-7-16(15-34)8-10-33/h1,4,11,13-16,18-19H,2-3,5-10H2,(H,32,35)/t18-,19-. The van der Waals surface area contributed by atoms with Crippen LogP contribution in [0.1, 0.15) is 60.1 Å². The Morgan fingerprint density at radius 3 is 2.42 bits per heavy atom. The highest BCUT2D eigenvalue weighted by molar-refractivity contribution is 5.92. The first-order chi connectivity index (χ1) is 17.3. The molecule has 0 bridgehead atoms. The van der Waals surface area contributed by atoms with Crippen LogP contribution in [0.3, 0.4) is 0 Å². The van der Waals surface area contributed by atoms with Crippen LogP contribution in [-0.4, -0.2) is 47.4 Å². The van der Waals surface area contributed by atoms with Gasteiger partial charge in [-0.25, -0.2) is 9.97 Å². The number of hydrogen-bond acceptors (Lipinski definition) is 7. The molecule has 0 unspecified atom stereocenters. The lowest BCUT2D eigenvalue weighted by atomic mass is 9.92. The summed E-state index contributed by atoms with van der Waals surface area (Å²) >= 11 is 0. The second-order valence-corrected chi connectivity index (χ2v) is 9.10. The quantitative estimate of drug-likeness (QED) is 0.598. The maximum absolute atomic E-state index is 13.2. The number of hydrogen-bond donors (Lipinski definition) is 1. The minimum absolute atomic E-state index is 0.0690. The Labute approximate surface area is 206 Å². The van der Waals surface area contributed by atoms with Gasteiger partial charge in [0.15, 0.2) is 0 Å². The summed E-state index contributed by atoms with van der Waals surface area (Å²) in [6, 6.07) is 4.80. The van der Waals surface area contributed by atoms with Gasteiger partial charge >= 0.3 is 6.18 Å². The molecule has 1 saturated carbocycles. The second kappa shape index (κ2) is 10.9. The van der Waals surface area contributed by atoms with E-state index in [0.717, 1.165) is 44.4 Å². The van der Waals surface area contributed by atoms with Gasteiger partial charge in [0.1, 0.15) is 23.5 Å². The number of aldehydes is 1. The number of piperidine rings is 1. The van der Waals surface area contributed by atoms with E-state index in [4.69, 9.17) is 10.00 Å². The number of carbonyl (C=O) groups excluding carboxylic acids is 2. The molecule has 2 aromatic rings. The Balaban J connectivity index is 1.26. The van der Waals surface area contributed by atoms with Crippen molar-refractivity contribution in [2.75, 3.05) is 18.0 Å². The van der Waals surface area contributed by atoms with Crippen LogP contribution in [0, 0.1) is 17.2 Å². The number of anilines is 1. The Morgan fingerprint density at radius 1 is 1.11 bits per heavy atom. The summed E-state index contributed by atoms with van der Waals surface area (Å²) in [6.45, 7) is 1.43. The monoisotopic (exact) mass is 501 g/mol. The number of nitrogens with one attached hydrogen (secondary N) is 1. The van der Waals surface area contributed by atoms with Gasteiger partial charge in [-0.2, -0.15) is 18.4 Å². The fraction of sp³-hybridized carbons (Fsp3) is 0.480. The second-order valence-electron chi connectivity index (χ2n) is 9.10. The zero-order valence-electron chi connectivity index (χ0n) is 19.5. The van der Waals surface area contributed by atoms with Gasteiger partial charge in [-0.15, -0.1) is 0 Å². The van der Waals surface area contributed by atoms with Gasteiger partial charge in [0, 0.05) is 25.0 Å². The third-order valence-electron chi connectivity index (χ3n) is 6.66. The molecule has 2 fully saturated rings. The third-order valence-corrected chi connectivity index (χ3v) is 6.66. The topological polar surface area (TPSA) is 108 Å². The zero-order chi connectivity index (χ0) is 25.7. The van der Waals surface area contributed by atoms with Crippen molar-refractivity contribution in [2.24, 2.45) is 5.92 Å². The molecule has 11 heteroatoms. The minimum Gasteiger partial charge on any atom is -0.490 e. The van der Waals surface area contributed by atoms with E-state index < -0.39 is 17.3 Å². The van der Waals surface area contributed by atoms with Gasteiger partial charge in [-0.1, -0.05) is 0 Å². The summed E-state index contributed by atoms with van der Waals surface area (Å²) < 4.78 is 45.3. The predicted molar refractivity (Wildman–Crippen MR) is 123 cm³/mol. The van der Waals surface area contributed by atoms with Crippen molar-refractivity contribution in [3.05, 3.63) is 47.4 Å². The molecule has 1 amide bonds. The molecule has 1 aromatic heterocycles. The van der Waals surface area contributed by atoms with E-state index in [9.17, 15) is 22.8 Å². The van der Waals surface area contributed by atoms with Gasteiger partial charge in [0.05, 0.1) is 35.7 Å². The number of rotatable bonds is 6. The van der Waals surface area contributed by atoms with Crippen LogP contribution in [-0.2, 0) is 11.0 Å². The first kappa shape index (κ1) is 25.4. The molecule has 0 spiro atoms. The third kappa shape index (κ3) is 6.11. The molecule has 2 heterocycles. The van der Waals surface area contributed by atoms with Crippen molar-refractivity contribution in [2.45, 2.75) is 56.8 Å². The van der Waals surface area contributed by atoms with E-state index in [-0.39, 0.29) is 35.4 Å². The number of halogens is 3. The fourth-order valence-corrected chi connectivity index (χ4v) is 4.57. The summed E-state index contributed by atoms with van der Waals surface area (Å²) in [7, 11) is 0. The van der Waals surface area contributed by atoms with Crippen molar-refractivity contribution < 1.29 is 27.5 Å². The van der Waals surface area contributed by atoms with Gasteiger partial charge in [-0.05, 0) is 56.7 Å². The van der Waals surface area contributed by atoms with E-state index in [1.807, 2.05) is 4.90 Å². The van der Waals surface area contributed by atoms with Crippen LogP contribution in [0.5, 0.6) is 5.75 Å². The summed E-state index contributed by atoms with van der Waals surface area (Å²) in [6.07, 6.45) is 2.96. The first-order valence-corrected chi connectivity index (χ1v) is 11.9. The predicted octanol–water partition coefficient (Wildman–Crippen LogP) is 3.90. The van der Waals surface area contributed by atoms with Crippen molar-refractivity contribution in [1.82, 2.24) is 15.3 Å². The number of alkyl halides is 3. The van der Waals surface area contributed by atoms with Gasteiger partial charge in [0.25, 0.3) is 5.91 Å². The van der Waals surface area contributed by atoms with Crippen LogP contribution in [0.25, 0.3) is 0 Å². The maximum atomic E-state index is 13.2. The average molecular weight is 502 g/mol. The largest absolute Gasteiger partial charge is 0.490 e. The highest BCUT2D eigenvalue weighted by Crippen LogP contribution is 2.35. The molecule has 1 aromatic carbocycles. The molecule has 1 aliphatic carbocycles. The minimum atomic E-state index is -4.64. The van der Waals surface area contributed by atoms with Crippen LogP contribution < -0.4 is 15.0 Å². The van der Waals surface area contributed by atoms with E-state index in [0.29, 0.717) is 31.5 Å². The molecule has 1 aliphatic heterocycles. The lowest BCUT2D eigenvalue weighted by molar-refractivity contribution is -0.138. The van der Waals surface area contributed by atoms with Crippen LogP contribution in [0.4, 0.5) is 19.0 Å². The molecule has 0 atom stereocenters. The van der Waals surface area contributed by atoms with E-state index >= 15 is 0 Å². The lowest BCUT2D eigenvalue weighted by Gasteiger charge is -2.30. The van der Waals surface area contributed by atoms with E-state index in [1.54, 1.807) is 12.3 Å². The number of benzene rings is 1. The highest BCUT2D eigenvalue weighted by Gasteiger charge is 2.34. The van der Waals surface area contributed by atoms with Crippen LogP contribution >= 0.6 is 0 Å². The van der Waals surface area contributed by atoms with E-state index in [2.05, 4.69) is 15.3 Å². The highest BCUT2D eigenvalue weighted by atomic mass is 19.4. The Bertz CT molecular complexity index is 1120. The van der Waals surface area contributed by atoms with Crippen molar-refractivity contribution in [1.29, 1.82) is 5.26 Å². The zero-order valence-corrected chi connectivity index (χ0v) is 19.5. The normalized spacial score (nSPS) is 20.9. The summed E-state index contributed by atoms with van der Waals surface area (Å²) in [5, 5.41) is 11.9. The van der Waals surface area contributed by atoms with Crippen LogP contribution in [0.2, 0.25) is 0 Å². The van der Waals surface area contributed by atoms with Crippen LogP contribution in [0.15, 0.2) is 30.6 Å². The summed E-state index contributed by atoms with van der Waals surface area (Å²) in [4.78, 5) is 34.2. The fourth-order valence-electron chi connectivity index (χ4n) is 4.57. The molecule has 8 nitrogen and oxygen atoms in total. The Morgan fingerprint density at radius 2 is 1.83 bits per heavy atom. The Hall–Kier alpha value is -3.68. The number of aromatic nitrogens is 2. The van der Waals surface area contributed by atoms with Gasteiger partial charge in [0.2, 0.25) is 0 Å². The molecular formula is C25H26F3N5O3. The van der Waals surface area contributed by atoms with Crippen molar-refractivity contribution in [3.63, 3.8) is 0 Å². The number of ether oxygens (including phenoxy) is 1. The lowest BCUT2D eigenvalue weighted by Crippen LogP contribution is -2.40. The molecule has 4 rings (SSSR count). The first-order valence-electron chi connectivity index (χ1n) is 11.9. The molecule has 0 radical (unpaired) electrons. The molecule has 190 valence electrons. The van der Waals surface area contributed by atoms with Gasteiger partial charge < -0.3 is 19.7 Å². The average Bonchev–Trinajstić information content (AvgIpc) is 2.89. The molecule has 1 saturated heterocycles. The number of nitrogens with zero attached hydrogens (tertiary/aromatic N) is 4. The summed E-state index contributed by atoms with van der Waals surface area (Å²) in [5.74, 6) is 0.491. The van der Waals surface area contributed by atoms with E-state index in [1.165, 1.54) is 12.3 Å². The van der Waals surface area contributed by atoms with Gasteiger partial charge in [-0.3, -0.25) is 4.79 Å². The molecule has 36 heavy (non-hydrogen) atoms. The number of nitriles is 1. The number of amides is 1. The molecule has 2 aliphatic rings. The maximum Gasteiger partial charge on any atom is 0.417 e. The Kier molecular flexibility index (Phi) is 7.72. The molecule has 1 N–H and O–H groups in total. The van der Waals surface area contributed by atoms with Crippen molar-refractivity contribution in [3.8, 4) is 11.8 Å².